The van der Waals surface area contributed by atoms with Crippen LogP contribution in [0.15, 0.2) is 18.5 Å². The fraction of sp³-hybridized carbons (Fsp3) is 0.385. The zero-order valence-electron chi connectivity index (χ0n) is 11.4. The summed E-state index contributed by atoms with van der Waals surface area (Å²) in [5.74, 6) is 0.537. The van der Waals surface area contributed by atoms with E-state index in [1.54, 1.807) is 30.2 Å². The maximum atomic E-state index is 12.0. The van der Waals surface area contributed by atoms with E-state index in [4.69, 9.17) is 11.6 Å². The normalized spacial score (nSPS) is 10.6. The van der Waals surface area contributed by atoms with Crippen LogP contribution >= 0.6 is 11.6 Å². The first kappa shape index (κ1) is 14.5. The van der Waals surface area contributed by atoms with Crippen LogP contribution in [-0.2, 0) is 19.9 Å². The van der Waals surface area contributed by atoms with Gasteiger partial charge in [-0.3, -0.25) is 9.48 Å². The Labute approximate surface area is 122 Å². The van der Waals surface area contributed by atoms with Crippen molar-refractivity contribution in [3.05, 3.63) is 40.7 Å². The van der Waals surface area contributed by atoms with Crippen molar-refractivity contribution in [2.24, 2.45) is 7.05 Å². The average Bonchev–Trinajstić information content (AvgIpc) is 2.83. The molecule has 0 spiro atoms. The fourth-order valence-corrected chi connectivity index (χ4v) is 1.98. The summed E-state index contributed by atoms with van der Waals surface area (Å²) in [5.41, 5.74) is 1.32. The molecule has 0 aromatic carbocycles. The van der Waals surface area contributed by atoms with E-state index in [-0.39, 0.29) is 5.91 Å². The molecule has 1 N–H and O–H groups in total. The molecule has 0 fully saturated rings. The number of rotatable bonds is 5. The van der Waals surface area contributed by atoms with Crippen molar-refractivity contribution in [2.75, 3.05) is 6.54 Å². The van der Waals surface area contributed by atoms with Crippen molar-refractivity contribution >= 4 is 17.5 Å². The number of aromatic nitrogens is 4. The first-order valence-corrected chi connectivity index (χ1v) is 6.75. The van der Waals surface area contributed by atoms with Gasteiger partial charge in [0, 0.05) is 31.3 Å². The lowest BCUT2D eigenvalue weighted by atomic mass is 10.2. The van der Waals surface area contributed by atoms with Crippen LogP contribution in [0.3, 0.4) is 0 Å². The van der Waals surface area contributed by atoms with Crippen LogP contribution in [0.25, 0.3) is 0 Å². The zero-order valence-corrected chi connectivity index (χ0v) is 12.2. The van der Waals surface area contributed by atoms with Crippen LogP contribution in [-0.4, -0.2) is 32.2 Å². The maximum Gasteiger partial charge on any atom is 0.251 e. The van der Waals surface area contributed by atoms with E-state index in [0.29, 0.717) is 29.5 Å². The largest absolute Gasteiger partial charge is 0.352 e. The van der Waals surface area contributed by atoms with Gasteiger partial charge in [-0.05, 0) is 18.6 Å². The van der Waals surface area contributed by atoms with E-state index in [2.05, 4.69) is 20.4 Å². The number of nitrogens with zero attached hydrogens (tertiary/aromatic N) is 4. The number of aryl methyl sites for hydroxylation is 2. The van der Waals surface area contributed by atoms with Crippen LogP contribution < -0.4 is 5.32 Å². The van der Waals surface area contributed by atoms with Crippen LogP contribution in [0.4, 0.5) is 0 Å². The molecule has 20 heavy (non-hydrogen) atoms. The molecule has 0 saturated carbocycles. The number of nitrogens with one attached hydrogen (secondary N) is 1. The summed E-state index contributed by atoms with van der Waals surface area (Å²) >= 11 is 5.89. The summed E-state index contributed by atoms with van der Waals surface area (Å²) in [7, 11) is 1.81. The van der Waals surface area contributed by atoms with Gasteiger partial charge < -0.3 is 5.32 Å². The molecule has 2 aromatic rings. The Morgan fingerprint density at radius 1 is 1.45 bits per heavy atom. The standard InChI is InChI=1S/C13H16ClN5O/c1-3-10-6-9(7-11(14)17-10)13(20)15-5-4-12-16-8-19(2)18-12/h6-8H,3-5H2,1-2H3,(H,15,20). The fourth-order valence-electron chi connectivity index (χ4n) is 1.75. The molecule has 0 saturated heterocycles. The van der Waals surface area contributed by atoms with Crippen LogP contribution in [0, 0.1) is 0 Å². The Balaban J connectivity index is 1.93. The van der Waals surface area contributed by atoms with Crippen molar-refractivity contribution in [2.45, 2.75) is 19.8 Å². The van der Waals surface area contributed by atoms with Gasteiger partial charge in [0.1, 0.15) is 11.5 Å². The second kappa shape index (κ2) is 6.47. The minimum Gasteiger partial charge on any atom is -0.352 e. The zero-order chi connectivity index (χ0) is 14.5. The van der Waals surface area contributed by atoms with Gasteiger partial charge in [0.2, 0.25) is 0 Å². The quantitative estimate of drug-likeness (QED) is 0.846. The van der Waals surface area contributed by atoms with Gasteiger partial charge in [0.15, 0.2) is 5.82 Å². The number of halogens is 1. The molecule has 2 aromatic heterocycles. The van der Waals surface area contributed by atoms with Gasteiger partial charge in [-0.1, -0.05) is 18.5 Å². The molecule has 2 rings (SSSR count). The van der Waals surface area contributed by atoms with E-state index in [1.165, 1.54) is 0 Å². The molecule has 0 aliphatic rings. The van der Waals surface area contributed by atoms with E-state index in [9.17, 15) is 4.79 Å². The Morgan fingerprint density at radius 2 is 2.25 bits per heavy atom. The average molecular weight is 294 g/mol. The van der Waals surface area contributed by atoms with Gasteiger partial charge in [-0.2, -0.15) is 5.10 Å². The molecule has 0 radical (unpaired) electrons. The number of amides is 1. The highest BCUT2D eigenvalue weighted by Gasteiger charge is 2.09. The maximum absolute atomic E-state index is 12.0. The van der Waals surface area contributed by atoms with Gasteiger partial charge in [-0.25, -0.2) is 9.97 Å². The van der Waals surface area contributed by atoms with Gasteiger partial charge in [0.05, 0.1) is 0 Å². The van der Waals surface area contributed by atoms with Crippen molar-refractivity contribution < 1.29 is 4.79 Å². The lowest BCUT2D eigenvalue weighted by Crippen LogP contribution is -2.26. The Kier molecular flexibility index (Phi) is 4.68. The Bertz CT molecular complexity index is 611. The number of carbonyl (C=O) groups excluding carboxylic acids is 1. The van der Waals surface area contributed by atoms with Crippen molar-refractivity contribution in [1.29, 1.82) is 0 Å². The number of carbonyl (C=O) groups is 1. The molecule has 7 heteroatoms. The third kappa shape index (κ3) is 3.77. The Morgan fingerprint density at radius 3 is 2.90 bits per heavy atom. The first-order valence-electron chi connectivity index (χ1n) is 6.37. The number of hydrogen-bond donors (Lipinski definition) is 1. The van der Waals surface area contributed by atoms with E-state index in [0.717, 1.165) is 12.1 Å². The SMILES string of the molecule is CCc1cc(C(=O)NCCc2ncn(C)n2)cc(Cl)n1. The third-order valence-corrected chi connectivity index (χ3v) is 2.95. The molecule has 106 valence electrons. The number of hydrogen-bond acceptors (Lipinski definition) is 4. The molecule has 0 aliphatic carbocycles. The first-order chi connectivity index (χ1) is 9.58. The Hall–Kier alpha value is -1.95. The van der Waals surface area contributed by atoms with Crippen molar-refractivity contribution in [3.63, 3.8) is 0 Å². The molecule has 0 atom stereocenters. The lowest BCUT2D eigenvalue weighted by molar-refractivity contribution is 0.0953. The van der Waals surface area contributed by atoms with Crippen LogP contribution in [0.2, 0.25) is 5.15 Å². The topological polar surface area (TPSA) is 72.7 Å². The van der Waals surface area contributed by atoms with Crippen molar-refractivity contribution in [3.8, 4) is 0 Å². The summed E-state index contributed by atoms with van der Waals surface area (Å²) in [6, 6.07) is 3.31. The highest BCUT2D eigenvalue weighted by atomic mass is 35.5. The summed E-state index contributed by atoms with van der Waals surface area (Å²) in [6.45, 7) is 2.44. The van der Waals surface area contributed by atoms with Gasteiger partial charge in [-0.15, -0.1) is 0 Å². The predicted molar refractivity (Wildman–Crippen MR) is 75.7 cm³/mol. The van der Waals surface area contributed by atoms with E-state index < -0.39 is 0 Å². The molecule has 2 heterocycles. The summed E-state index contributed by atoms with van der Waals surface area (Å²) in [5, 5.41) is 7.30. The van der Waals surface area contributed by atoms with Gasteiger partial charge >= 0.3 is 0 Å². The molecule has 1 amide bonds. The summed E-state index contributed by atoms with van der Waals surface area (Å²) < 4.78 is 1.63. The molecular weight excluding hydrogens is 278 g/mol. The van der Waals surface area contributed by atoms with Crippen molar-refractivity contribution in [1.82, 2.24) is 25.1 Å². The highest BCUT2D eigenvalue weighted by Crippen LogP contribution is 2.11. The third-order valence-electron chi connectivity index (χ3n) is 2.75. The van der Waals surface area contributed by atoms with E-state index >= 15 is 0 Å². The molecule has 0 aliphatic heterocycles. The number of pyridine rings is 1. The second-order valence-corrected chi connectivity index (χ2v) is 4.75. The summed E-state index contributed by atoms with van der Waals surface area (Å²) in [4.78, 5) is 20.2. The molecule has 0 bridgehead atoms. The van der Waals surface area contributed by atoms with Gasteiger partial charge in [0.25, 0.3) is 5.91 Å². The minimum atomic E-state index is -0.167. The predicted octanol–water partition coefficient (Wildman–Crippen LogP) is 1.40. The lowest BCUT2D eigenvalue weighted by Gasteiger charge is -2.06. The van der Waals surface area contributed by atoms with Crippen LogP contribution in [0.1, 0.15) is 28.8 Å². The smallest absolute Gasteiger partial charge is 0.251 e. The van der Waals surface area contributed by atoms with E-state index in [1.807, 2.05) is 6.92 Å². The molecule has 6 nitrogen and oxygen atoms in total. The monoisotopic (exact) mass is 293 g/mol. The molecule has 0 unspecified atom stereocenters. The summed E-state index contributed by atoms with van der Waals surface area (Å²) in [6.07, 6.45) is 2.96. The molecular formula is C13H16ClN5O. The highest BCUT2D eigenvalue weighted by molar-refractivity contribution is 6.29. The minimum absolute atomic E-state index is 0.167. The second-order valence-electron chi connectivity index (χ2n) is 4.36. The van der Waals surface area contributed by atoms with Crippen LogP contribution in [0.5, 0.6) is 0 Å².